The third kappa shape index (κ3) is 3.79. The van der Waals surface area contributed by atoms with E-state index in [-0.39, 0.29) is 42.5 Å². The Balaban J connectivity index is 2.46. The summed E-state index contributed by atoms with van der Waals surface area (Å²) < 4.78 is 155. The standard InChI is InChI=1S/C15H20F9NO4S/c1-9(2)8-28-10-7-25(11(29-10)5-3-4-6-11)30(26,27)15(23,24)13(18,19)12(16,17)14(20,21)22/h9-10H,3-8H2,1-2H3. The molecule has 0 N–H and O–H groups in total. The number of alkyl halides is 9. The molecule has 2 rings (SSSR count). The number of halogens is 9. The topological polar surface area (TPSA) is 55.8 Å². The summed E-state index contributed by atoms with van der Waals surface area (Å²) in [5.41, 5.74) is -2.09. The Morgan fingerprint density at radius 1 is 1.00 bits per heavy atom. The van der Waals surface area contributed by atoms with Crippen LogP contribution in [0.25, 0.3) is 0 Å². The zero-order valence-corrected chi connectivity index (χ0v) is 16.6. The predicted molar refractivity (Wildman–Crippen MR) is 83.4 cm³/mol. The highest BCUT2D eigenvalue weighted by molar-refractivity contribution is 7.90. The third-order valence-corrected chi connectivity index (χ3v) is 6.82. The van der Waals surface area contributed by atoms with Crippen molar-refractivity contribution in [2.24, 2.45) is 5.92 Å². The molecule has 0 radical (unpaired) electrons. The summed E-state index contributed by atoms with van der Waals surface area (Å²) in [5.74, 6) is -14.7. The number of hydrogen-bond donors (Lipinski definition) is 0. The molecule has 2 aliphatic rings. The van der Waals surface area contributed by atoms with Crippen LogP contribution in [-0.2, 0) is 19.5 Å². The van der Waals surface area contributed by atoms with Crippen molar-refractivity contribution in [1.82, 2.24) is 4.31 Å². The molecule has 1 unspecified atom stereocenters. The molecule has 1 aliphatic heterocycles. The molecule has 1 saturated heterocycles. The lowest BCUT2D eigenvalue weighted by molar-refractivity contribution is -0.382. The van der Waals surface area contributed by atoms with E-state index in [0.717, 1.165) is 0 Å². The minimum atomic E-state index is -7.31. The maximum atomic E-state index is 14.3. The van der Waals surface area contributed by atoms with E-state index in [1.165, 1.54) is 0 Å². The highest BCUT2D eigenvalue weighted by Gasteiger charge is 2.86. The molecule has 0 aromatic heterocycles. The van der Waals surface area contributed by atoms with Gasteiger partial charge in [-0.05, 0) is 31.6 Å². The molecule has 15 heteroatoms. The van der Waals surface area contributed by atoms with Crippen molar-refractivity contribution in [2.75, 3.05) is 13.2 Å². The van der Waals surface area contributed by atoms with E-state index in [1.807, 2.05) is 0 Å². The molecule has 1 atom stereocenters. The highest BCUT2D eigenvalue weighted by atomic mass is 32.2. The highest BCUT2D eigenvalue weighted by Crippen LogP contribution is 2.57. The fourth-order valence-electron chi connectivity index (χ4n) is 3.30. The Hall–Kier alpha value is -0.800. The van der Waals surface area contributed by atoms with Crippen molar-refractivity contribution in [3.8, 4) is 0 Å². The second-order valence-corrected chi connectivity index (χ2v) is 9.53. The number of rotatable bonds is 7. The van der Waals surface area contributed by atoms with Crippen molar-refractivity contribution in [3.05, 3.63) is 0 Å². The van der Waals surface area contributed by atoms with Gasteiger partial charge in [-0.15, -0.1) is 0 Å². The predicted octanol–water partition coefficient (Wildman–Crippen LogP) is 4.34. The molecule has 1 saturated carbocycles. The van der Waals surface area contributed by atoms with Crippen LogP contribution in [0.3, 0.4) is 0 Å². The third-order valence-electron chi connectivity index (χ3n) is 4.85. The summed E-state index contributed by atoms with van der Waals surface area (Å²) in [6.45, 7) is 2.27. The summed E-state index contributed by atoms with van der Waals surface area (Å²) in [5, 5.41) is -6.79. The summed E-state index contributed by atoms with van der Waals surface area (Å²) in [7, 11) is -6.74. The number of nitrogens with zero attached hydrogens (tertiary/aromatic N) is 1. The molecule has 1 spiro atoms. The Morgan fingerprint density at radius 2 is 1.50 bits per heavy atom. The van der Waals surface area contributed by atoms with E-state index in [9.17, 15) is 47.9 Å². The fourth-order valence-corrected chi connectivity index (χ4v) is 5.01. The molecule has 0 aromatic rings. The first-order valence-corrected chi connectivity index (χ1v) is 10.3. The lowest BCUT2D eigenvalue weighted by Crippen LogP contribution is -2.66. The van der Waals surface area contributed by atoms with Crippen LogP contribution in [0, 0.1) is 5.92 Å². The van der Waals surface area contributed by atoms with E-state index in [4.69, 9.17) is 9.47 Å². The summed E-state index contributed by atoms with van der Waals surface area (Å²) in [6.07, 6.45) is -8.64. The summed E-state index contributed by atoms with van der Waals surface area (Å²) in [4.78, 5) is 0. The second kappa shape index (κ2) is 7.66. The Morgan fingerprint density at radius 3 is 1.93 bits per heavy atom. The van der Waals surface area contributed by atoms with Gasteiger partial charge in [-0.2, -0.15) is 43.8 Å². The van der Waals surface area contributed by atoms with Crippen LogP contribution in [0.15, 0.2) is 0 Å². The maximum Gasteiger partial charge on any atom is 0.460 e. The Bertz CT molecular complexity index is 733. The van der Waals surface area contributed by atoms with Gasteiger partial charge in [0.25, 0.3) is 10.0 Å². The van der Waals surface area contributed by atoms with Gasteiger partial charge < -0.3 is 9.47 Å². The molecule has 30 heavy (non-hydrogen) atoms. The van der Waals surface area contributed by atoms with Gasteiger partial charge in [0.15, 0.2) is 6.29 Å². The summed E-state index contributed by atoms with van der Waals surface area (Å²) in [6, 6.07) is 0. The zero-order chi connectivity index (χ0) is 23.4. The average molecular weight is 481 g/mol. The van der Waals surface area contributed by atoms with Crippen LogP contribution in [-0.4, -0.2) is 61.2 Å². The second-order valence-electron chi connectivity index (χ2n) is 7.63. The SMILES string of the molecule is CC(C)COC1CN(S(=O)(=O)C(F)(F)C(F)(F)C(F)(F)C(F)(F)F)C2(CCCC2)O1. The smallest absolute Gasteiger partial charge is 0.351 e. The van der Waals surface area contributed by atoms with Crippen LogP contribution < -0.4 is 0 Å². The number of sulfonamides is 1. The molecule has 5 nitrogen and oxygen atoms in total. The first-order chi connectivity index (χ1) is 13.3. The van der Waals surface area contributed by atoms with Gasteiger partial charge in [-0.25, -0.2) is 8.42 Å². The first kappa shape index (κ1) is 25.5. The normalized spacial score (nSPS) is 24.3. The first-order valence-electron chi connectivity index (χ1n) is 8.85. The average Bonchev–Trinajstić information content (AvgIpc) is 3.19. The molecule has 1 heterocycles. The molecule has 178 valence electrons. The van der Waals surface area contributed by atoms with Crippen molar-refractivity contribution in [2.45, 2.75) is 74.8 Å². The van der Waals surface area contributed by atoms with E-state index in [0.29, 0.717) is 0 Å². The van der Waals surface area contributed by atoms with Crippen molar-refractivity contribution < 1.29 is 57.4 Å². The Kier molecular flexibility index (Phi) is 6.50. The van der Waals surface area contributed by atoms with Crippen molar-refractivity contribution >= 4 is 10.0 Å². The van der Waals surface area contributed by atoms with Crippen LogP contribution in [0.1, 0.15) is 39.5 Å². The van der Waals surface area contributed by atoms with E-state index in [1.54, 1.807) is 13.8 Å². The van der Waals surface area contributed by atoms with Crippen LogP contribution in [0.5, 0.6) is 0 Å². The van der Waals surface area contributed by atoms with Crippen molar-refractivity contribution in [1.29, 1.82) is 0 Å². The molecule has 0 bridgehead atoms. The largest absolute Gasteiger partial charge is 0.460 e. The molecule has 0 aromatic carbocycles. The maximum absolute atomic E-state index is 14.3. The van der Waals surface area contributed by atoms with E-state index >= 15 is 0 Å². The van der Waals surface area contributed by atoms with Gasteiger partial charge in [0.2, 0.25) is 0 Å². The van der Waals surface area contributed by atoms with Gasteiger partial charge in [0.1, 0.15) is 5.72 Å². The summed E-state index contributed by atoms with van der Waals surface area (Å²) >= 11 is 0. The van der Waals surface area contributed by atoms with Gasteiger partial charge >= 0.3 is 23.3 Å². The molecule has 2 fully saturated rings. The van der Waals surface area contributed by atoms with Gasteiger partial charge in [0.05, 0.1) is 13.2 Å². The molecule has 1 aliphatic carbocycles. The molecule has 0 amide bonds. The van der Waals surface area contributed by atoms with Crippen LogP contribution >= 0.6 is 0 Å². The van der Waals surface area contributed by atoms with Crippen LogP contribution in [0.4, 0.5) is 39.5 Å². The Labute approximate surface area is 166 Å². The molecular weight excluding hydrogens is 461 g/mol. The number of ether oxygens (including phenoxy) is 2. The quantitative estimate of drug-likeness (QED) is 0.508. The fraction of sp³-hybridized carbons (Fsp3) is 1.00. The zero-order valence-electron chi connectivity index (χ0n) is 15.8. The minimum Gasteiger partial charge on any atom is -0.351 e. The van der Waals surface area contributed by atoms with Crippen molar-refractivity contribution in [3.63, 3.8) is 0 Å². The van der Waals surface area contributed by atoms with E-state index in [2.05, 4.69) is 0 Å². The van der Waals surface area contributed by atoms with Gasteiger partial charge in [-0.1, -0.05) is 13.8 Å². The monoisotopic (exact) mass is 481 g/mol. The lowest BCUT2D eigenvalue weighted by atomic mass is 10.1. The lowest BCUT2D eigenvalue weighted by Gasteiger charge is -2.38. The van der Waals surface area contributed by atoms with E-state index < -0.39 is 51.9 Å². The minimum absolute atomic E-state index is 0.0344. The molecular formula is C15H20F9NO4S. The van der Waals surface area contributed by atoms with Gasteiger partial charge in [-0.3, -0.25) is 0 Å². The number of hydrogen-bond acceptors (Lipinski definition) is 4. The van der Waals surface area contributed by atoms with Crippen LogP contribution in [0.2, 0.25) is 0 Å². The van der Waals surface area contributed by atoms with Gasteiger partial charge in [0, 0.05) is 0 Å².